The molecule has 3 nitrogen and oxygen atoms in total. The Morgan fingerprint density at radius 2 is 2.25 bits per heavy atom. The van der Waals surface area contributed by atoms with E-state index in [4.69, 9.17) is 0 Å². The third-order valence-corrected chi connectivity index (χ3v) is 2.97. The Morgan fingerprint density at radius 1 is 1.38 bits per heavy atom. The van der Waals surface area contributed by atoms with Gasteiger partial charge in [0.15, 0.2) is 0 Å². The predicted octanol–water partition coefficient (Wildman–Crippen LogP) is 1.83. The summed E-state index contributed by atoms with van der Waals surface area (Å²) in [7, 11) is 1.93. The Kier molecular flexibility index (Phi) is 2.04. The molecule has 4 heteroatoms. The molecule has 2 aromatic rings. The van der Waals surface area contributed by atoms with Gasteiger partial charge in [-0.25, -0.2) is 4.39 Å². The maximum Gasteiger partial charge on any atom is 0.123 e. The molecule has 82 valence electrons. The molecule has 0 spiro atoms. The normalized spacial score (nSPS) is 14.1. The number of hydrogen-bond acceptors (Lipinski definition) is 2. The first-order chi connectivity index (χ1) is 7.75. The third-order valence-electron chi connectivity index (χ3n) is 2.97. The second-order valence-corrected chi connectivity index (χ2v) is 4.01. The van der Waals surface area contributed by atoms with E-state index in [1.807, 2.05) is 17.8 Å². The fourth-order valence-corrected chi connectivity index (χ4v) is 2.18. The Balaban J connectivity index is 2.17. The number of aryl methyl sites for hydroxylation is 1. The van der Waals surface area contributed by atoms with Gasteiger partial charge in [0.1, 0.15) is 5.82 Å². The molecular formula is C12H12FN3. The van der Waals surface area contributed by atoms with Gasteiger partial charge >= 0.3 is 0 Å². The molecule has 0 fully saturated rings. The van der Waals surface area contributed by atoms with Crippen LogP contribution in [-0.4, -0.2) is 9.78 Å². The predicted molar refractivity (Wildman–Crippen MR) is 59.1 cm³/mol. The van der Waals surface area contributed by atoms with Gasteiger partial charge in [0.25, 0.3) is 0 Å². The lowest BCUT2D eigenvalue weighted by atomic mass is 10.1. The molecule has 3 rings (SSSR count). The Morgan fingerprint density at radius 3 is 3.06 bits per heavy atom. The lowest BCUT2D eigenvalue weighted by molar-refractivity contribution is 0.628. The van der Waals surface area contributed by atoms with Crippen LogP contribution in [0.15, 0.2) is 24.3 Å². The number of fused-ring (bicyclic) bond motifs is 1. The molecule has 1 aliphatic heterocycles. The van der Waals surface area contributed by atoms with E-state index >= 15 is 0 Å². The van der Waals surface area contributed by atoms with Gasteiger partial charge < -0.3 is 5.32 Å². The first-order valence-electron chi connectivity index (χ1n) is 5.27. The molecule has 1 aromatic carbocycles. The maximum absolute atomic E-state index is 13.2. The average molecular weight is 217 g/mol. The van der Waals surface area contributed by atoms with E-state index in [1.165, 1.54) is 23.4 Å². The summed E-state index contributed by atoms with van der Waals surface area (Å²) in [5.74, 6) is -0.220. The zero-order chi connectivity index (χ0) is 11.1. The van der Waals surface area contributed by atoms with Gasteiger partial charge in [-0.3, -0.25) is 4.68 Å². The minimum absolute atomic E-state index is 0.220. The Hall–Kier alpha value is -1.68. The molecule has 1 N–H and O–H groups in total. The number of benzene rings is 1. The minimum Gasteiger partial charge on any atom is -0.307 e. The van der Waals surface area contributed by atoms with Gasteiger partial charge in [-0.05, 0) is 12.1 Å². The molecule has 0 saturated heterocycles. The van der Waals surface area contributed by atoms with Gasteiger partial charge in [0, 0.05) is 31.3 Å². The van der Waals surface area contributed by atoms with Gasteiger partial charge in [-0.1, -0.05) is 12.1 Å². The molecule has 0 unspecified atom stereocenters. The number of nitrogens with one attached hydrogen (secondary N) is 1. The fraction of sp³-hybridized carbons (Fsp3) is 0.250. The second-order valence-electron chi connectivity index (χ2n) is 4.01. The number of rotatable bonds is 1. The summed E-state index contributed by atoms with van der Waals surface area (Å²) in [6.07, 6.45) is 0. The summed E-state index contributed by atoms with van der Waals surface area (Å²) >= 11 is 0. The standard InChI is InChI=1S/C12H12FN3/c1-16-11-7-14-6-10(11)12(15-16)8-3-2-4-9(13)5-8/h2-5,14H,6-7H2,1H3. The van der Waals surface area contributed by atoms with Crippen LogP contribution in [0, 0.1) is 5.82 Å². The molecule has 1 aromatic heterocycles. The van der Waals surface area contributed by atoms with Gasteiger partial charge in [-0.2, -0.15) is 5.10 Å². The van der Waals surface area contributed by atoms with Crippen LogP contribution < -0.4 is 5.32 Å². The molecule has 0 radical (unpaired) electrons. The van der Waals surface area contributed by atoms with Crippen LogP contribution in [0.1, 0.15) is 11.3 Å². The summed E-state index contributed by atoms with van der Waals surface area (Å²) in [6.45, 7) is 1.66. The average Bonchev–Trinajstić information content (AvgIpc) is 2.83. The number of aromatic nitrogens is 2. The van der Waals surface area contributed by atoms with E-state index in [0.717, 1.165) is 24.3 Å². The molecule has 0 aliphatic carbocycles. The van der Waals surface area contributed by atoms with Crippen molar-refractivity contribution in [1.29, 1.82) is 0 Å². The van der Waals surface area contributed by atoms with E-state index in [2.05, 4.69) is 10.4 Å². The monoisotopic (exact) mass is 217 g/mol. The third kappa shape index (κ3) is 1.34. The second kappa shape index (κ2) is 3.42. The lowest BCUT2D eigenvalue weighted by Crippen LogP contribution is -2.06. The van der Waals surface area contributed by atoms with Crippen molar-refractivity contribution in [2.24, 2.45) is 7.05 Å². The Labute approximate surface area is 92.9 Å². The highest BCUT2D eigenvalue weighted by molar-refractivity contribution is 5.64. The van der Waals surface area contributed by atoms with Crippen LogP contribution in [0.25, 0.3) is 11.3 Å². The highest BCUT2D eigenvalue weighted by Crippen LogP contribution is 2.28. The van der Waals surface area contributed by atoms with Crippen LogP contribution in [-0.2, 0) is 20.1 Å². The van der Waals surface area contributed by atoms with Gasteiger partial charge in [0.2, 0.25) is 0 Å². The van der Waals surface area contributed by atoms with E-state index in [9.17, 15) is 4.39 Å². The molecular weight excluding hydrogens is 205 g/mol. The Bertz CT molecular complexity index is 545. The SMILES string of the molecule is Cn1nc(-c2cccc(F)c2)c2c1CNC2. The quantitative estimate of drug-likeness (QED) is 0.789. The number of hydrogen-bond donors (Lipinski definition) is 1. The van der Waals surface area contributed by atoms with Crippen LogP contribution >= 0.6 is 0 Å². The van der Waals surface area contributed by atoms with E-state index < -0.39 is 0 Å². The zero-order valence-electron chi connectivity index (χ0n) is 9.00. The zero-order valence-corrected chi connectivity index (χ0v) is 9.00. The topological polar surface area (TPSA) is 29.9 Å². The van der Waals surface area contributed by atoms with E-state index in [1.54, 1.807) is 6.07 Å². The van der Waals surface area contributed by atoms with Crippen molar-refractivity contribution in [2.75, 3.05) is 0 Å². The molecule has 0 atom stereocenters. The molecule has 0 amide bonds. The van der Waals surface area contributed by atoms with Crippen molar-refractivity contribution in [3.63, 3.8) is 0 Å². The van der Waals surface area contributed by atoms with Crippen LogP contribution in [0.3, 0.4) is 0 Å². The van der Waals surface area contributed by atoms with Gasteiger partial charge in [0.05, 0.1) is 11.4 Å². The van der Waals surface area contributed by atoms with Crippen molar-refractivity contribution < 1.29 is 4.39 Å². The summed E-state index contributed by atoms with van der Waals surface area (Å²) in [5.41, 5.74) is 4.12. The van der Waals surface area contributed by atoms with Crippen LogP contribution in [0.2, 0.25) is 0 Å². The van der Waals surface area contributed by atoms with Crippen molar-refractivity contribution in [1.82, 2.24) is 15.1 Å². The minimum atomic E-state index is -0.220. The van der Waals surface area contributed by atoms with Crippen molar-refractivity contribution in [3.05, 3.63) is 41.3 Å². The molecule has 1 aliphatic rings. The largest absolute Gasteiger partial charge is 0.307 e. The number of nitrogens with zero attached hydrogens (tertiary/aromatic N) is 2. The van der Waals surface area contributed by atoms with E-state index in [-0.39, 0.29) is 5.82 Å². The summed E-state index contributed by atoms with van der Waals surface area (Å²) in [6, 6.07) is 6.59. The highest BCUT2D eigenvalue weighted by Gasteiger charge is 2.21. The molecule has 2 heterocycles. The van der Waals surface area contributed by atoms with Crippen molar-refractivity contribution in [3.8, 4) is 11.3 Å². The molecule has 0 bridgehead atoms. The number of halogens is 1. The fourth-order valence-electron chi connectivity index (χ4n) is 2.18. The summed E-state index contributed by atoms with van der Waals surface area (Å²) < 4.78 is 15.0. The first kappa shape index (κ1) is 9.54. The summed E-state index contributed by atoms with van der Waals surface area (Å²) in [5, 5.41) is 7.73. The first-order valence-corrected chi connectivity index (χ1v) is 5.27. The lowest BCUT2D eigenvalue weighted by Gasteiger charge is -2.00. The van der Waals surface area contributed by atoms with Gasteiger partial charge in [-0.15, -0.1) is 0 Å². The maximum atomic E-state index is 13.2. The van der Waals surface area contributed by atoms with E-state index in [0.29, 0.717) is 0 Å². The molecule has 16 heavy (non-hydrogen) atoms. The van der Waals surface area contributed by atoms with Crippen LogP contribution in [0.5, 0.6) is 0 Å². The smallest absolute Gasteiger partial charge is 0.123 e. The van der Waals surface area contributed by atoms with Crippen molar-refractivity contribution in [2.45, 2.75) is 13.1 Å². The summed E-state index contributed by atoms with van der Waals surface area (Å²) in [4.78, 5) is 0. The highest BCUT2D eigenvalue weighted by atomic mass is 19.1. The van der Waals surface area contributed by atoms with Crippen molar-refractivity contribution >= 4 is 0 Å². The molecule has 0 saturated carbocycles. The van der Waals surface area contributed by atoms with Crippen LogP contribution in [0.4, 0.5) is 4.39 Å².